The molecule has 3 amide bonds. The second-order valence-corrected chi connectivity index (χ2v) is 6.29. The molecule has 7 nitrogen and oxygen atoms in total. The van der Waals surface area contributed by atoms with E-state index in [4.69, 9.17) is 5.26 Å². The molecule has 0 atom stereocenters. The Morgan fingerprint density at radius 1 is 1.00 bits per heavy atom. The minimum absolute atomic E-state index is 0.105. The van der Waals surface area contributed by atoms with Crippen LogP contribution in [0.4, 0.5) is 21.9 Å². The van der Waals surface area contributed by atoms with Crippen LogP contribution in [-0.4, -0.2) is 43.0 Å². The van der Waals surface area contributed by atoms with Crippen LogP contribution in [-0.2, 0) is 4.79 Å². The molecule has 1 fully saturated rings. The highest BCUT2D eigenvalue weighted by molar-refractivity contribution is 5.91. The number of urea groups is 1. The number of carbonyl (C=O) groups is 2. The van der Waals surface area contributed by atoms with E-state index in [0.717, 1.165) is 11.4 Å². The predicted octanol–water partition coefficient (Wildman–Crippen LogP) is 2.87. The summed E-state index contributed by atoms with van der Waals surface area (Å²) in [6.07, 6.45) is 0. The maximum absolute atomic E-state index is 12.5. The molecule has 0 spiro atoms. The third-order valence-electron chi connectivity index (χ3n) is 4.39. The molecule has 1 aliphatic heterocycles. The Kier molecular flexibility index (Phi) is 5.57. The van der Waals surface area contributed by atoms with E-state index >= 15 is 0 Å². The Balaban J connectivity index is 1.59. The van der Waals surface area contributed by atoms with Crippen LogP contribution in [0, 0.1) is 11.3 Å². The van der Waals surface area contributed by atoms with Crippen molar-refractivity contribution in [2.75, 3.05) is 41.7 Å². The number of nitriles is 1. The van der Waals surface area contributed by atoms with Gasteiger partial charge in [0.05, 0.1) is 11.3 Å². The average molecular weight is 363 g/mol. The molecule has 0 aliphatic carbocycles. The van der Waals surface area contributed by atoms with Crippen LogP contribution in [0.2, 0.25) is 0 Å². The van der Waals surface area contributed by atoms with Gasteiger partial charge in [-0.25, -0.2) is 4.79 Å². The van der Waals surface area contributed by atoms with Crippen molar-refractivity contribution in [2.24, 2.45) is 0 Å². The lowest BCUT2D eigenvalue weighted by atomic mass is 10.2. The summed E-state index contributed by atoms with van der Waals surface area (Å²) < 4.78 is 0. The van der Waals surface area contributed by atoms with E-state index in [1.165, 1.54) is 6.92 Å². The number of nitrogens with one attached hydrogen (secondary N) is 2. The summed E-state index contributed by atoms with van der Waals surface area (Å²) in [5, 5.41) is 14.7. The van der Waals surface area contributed by atoms with Gasteiger partial charge < -0.3 is 20.4 Å². The molecular weight excluding hydrogens is 342 g/mol. The molecule has 0 aromatic heterocycles. The molecule has 0 radical (unpaired) electrons. The van der Waals surface area contributed by atoms with Crippen LogP contribution < -0.4 is 15.5 Å². The van der Waals surface area contributed by atoms with Crippen LogP contribution in [0.5, 0.6) is 0 Å². The quantitative estimate of drug-likeness (QED) is 0.878. The number of nitrogens with zero attached hydrogens (tertiary/aromatic N) is 3. The first kappa shape index (κ1) is 18.3. The van der Waals surface area contributed by atoms with E-state index in [0.29, 0.717) is 37.4 Å². The van der Waals surface area contributed by atoms with E-state index in [1.54, 1.807) is 29.2 Å². The van der Waals surface area contributed by atoms with Crippen molar-refractivity contribution in [1.29, 1.82) is 5.26 Å². The molecule has 2 aromatic carbocycles. The summed E-state index contributed by atoms with van der Waals surface area (Å²) in [6.45, 7) is 4.01. The maximum atomic E-state index is 12.5. The van der Waals surface area contributed by atoms with Crippen molar-refractivity contribution >= 4 is 29.0 Å². The molecule has 3 rings (SSSR count). The highest BCUT2D eigenvalue weighted by atomic mass is 16.2. The smallest absolute Gasteiger partial charge is 0.322 e. The highest BCUT2D eigenvalue weighted by Crippen LogP contribution is 2.21. The zero-order chi connectivity index (χ0) is 19.2. The molecule has 138 valence electrons. The second kappa shape index (κ2) is 8.23. The molecule has 0 bridgehead atoms. The van der Waals surface area contributed by atoms with Crippen LogP contribution >= 0.6 is 0 Å². The van der Waals surface area contributed by atoms with Gasteiger partial charge in [0.1, 0.15) is 6.07 Å². The van der Waals surface area contributed by atoms with Gasteiger partial charge in [-0.15, -0.1) is 0 Å². The Morgan fingerprint density at radius 3 is 2.44 bits per heavy atom. The van der Waals surface area contributed by atoms with Crippen LogP contribution in [0.25, 0.3) is 0 Å². The van der Waals surface area contributed by atoms with Gasteiger partial charge in [-0.05, 0) is 30.3 Å². The summed E-state index contributed by atoms with van der Waals surface area (Å²) in [6, 6.07) is 16.5. The molecule has 2 aromatic rings. The number of anilines is 3. The van der Waals surface area contributed by atoms with Crippen molar-refractivity contribution in [1.82, 2.24) is 4.90 Å². The Bertz CT molecular complexity index is 882. The number of carbonyl (C=O) groups excluding carboxylic acids is 2. The summed E-state index contributed by atoms with van der Waals surface area (Å²) in [4.78, 5) is 27.6. The number of rotatable bonds is 3. The standard InChI is InChI=1S/C20H21N5O2/c1-15(26)22-17-6-4-7-18(13-17)24-9-11-25(12-10-24)20(27)23-19-8-3-2-5-16(19)14-21/h2-8,13H,9-12H2,1H3,(H,22,26)(H,23,27). The van der Waals surface area contributed by atoms with Gasteiger partial charge in [0.15, 0.2) is 0 Å². The molecule has 0 unspecified atom stereocenters. The van der Waals surface area contributed by atoms with Crippen molar-refractivity contribution in [3.05, 3.63) is 54.1 Å². The second-order valence-electron chi connectivity index (χ2n) is 6.29. The van der Waals surface area contributed by atoms with E-state index in [-0.39, 0.29) is 11.9 Å². The third kappa shape index (κ3) is 4.55. The Labute approximate surface area is 158 Å². The summed E-state index contributed by atoms with van der Waals surface area (Å²) >= 11 is 0. The van der Waals surface area contributed by atoms with Crippen LogP contribution in [0.3, 0.4) is 0 Å². The number of piperazine rings is 1. The lowest BCUT2D eigenvalue weighted by Crippen LogP contribution is -2.50. The van der Waals surface area contributed by atoms with Gasteiger partial charge in [0.2, 0.25) is 5.91 Å². The largest absolute Gasteiger partial charge is 0.368 e. The van der Waals surface area contributed by atoms with E-state index < -0.39 is 0 Å². The molecule has 1 saturated heterocycles. The van der Waals surface area contributed by atoms with Crippen molar-refractivity contribution < 1.29 is 9.59 Å². The fourth-order valence-corrected chi connectivity index (χ4v) is 3.04. The van der Waals surface area contributed by atoms with Gasteiger partial charge >= 0.3 is 6.03 Å². The summed E-state index contributed by atoms with van der Waals surface area (Å²) in [5.41, 5.74) is 2.74. The zero-order valence-corrected chi connectivity index (χ0v) is 15.1. The van der Waals surface area contributed by atoms with Crippen LogP contribution in [0.1, 0.15) is 12.5 Å². The topological polar surface area (TPSA) is 88.5 Å². The minimum Gasteiger partial charge on any atom is -0.368 e. The van der Waals surface area contributed by atoms with Crippen molar-refractivity contribution in [2.45, 2.75) is 6.92 Å². The monoisotopic (exact) mass is 363 g/mol. The predicted molar refractivity (Wildman–Crippen MR) is 105 cm³/mol. The van der Waals surface area contributed by atoms with Gasteiger partial charge in [-0.3, -0.25) is 4.79 Å². The average Bonchev–Trinajstić information content (AvgIpc) is 2.68. The molecule has 1 heterocycles. The van der Waals surface area contributed by atoms with Crippen LogP contribution in [0.15, 0.2) is 48.5 Å². The lowest BCUT2D eigenvalue weighted by molar-refractivity contribution is -0.114. The molecular formula is C20H21N5O2. The van der Waals surface area contributed by atoms with Gasteiger partial charge in [0, 0.05) is 44.5 Å². The molecule has 0 saturated carbocycles. The molecule has 2 N–H and O–H groups in total. The minimum atomic E-state index is -0.204. The fraction of sp³-hybridized carbons (Fsp3) is 0.250. The van der Waals surface area contributed by atoms with Gasteiger partial charge in [-0.2, -0.15) is 5.26 Å². The molecule has 7 heteroatoms. The fourth-order valence-electron chi connectivity index (χ4n) is 3.04. The number of para-hydroxylation sites is 1. The summed E-state index contributed by atoms with van der Waals surface area (Å²) in [5.74, 6) is -0.105. The SMILES string of the molecule is CC(=O)Nc1cccc(N2CCN(C(=O)Nc3ccccc3C#N)CC2)c1. The zero-order valence-electron chi connectivity index (χ0n) is 15.1. The summed E-state index contributed by atoms with van der Waals surface area (Å²) in [7, 11) is 0. The van der Waals surface area contributed by atoms with Crippen molar-refractivity contribution in [3.8, 4) is 6.07 Å². The molecule has 27 heavy (non-hydrogen) atoms. The maximum Gasteiger partial charge on any atom is 0.322 e. The van der Waals surface area contributed by atoms with E-state index in [9.17, 15) is 9.59 Å². The lowest BCUT2D eigenvalue weighted by Gasteiger charge is -2.36. The van der Waals surface area contributed by atoms with Gasteiger partial charge in [0.25, 0.3) is 0 Å². The number of hydrogen-bond acceptors (Lipinski definition) is 4. The van der Waals surface area contributed by atoms with E-state index in [1.807, 2.05) is 24.3 Å². The van der Waals surface area contributed by atoms with Gasteiger partial charge in [-0.1, -0.05) is 18.2 Å². The van der Waals surface area contributed by atoms with Crippen molar-refractivity contribution in [3.63, 3.8) is 0 Å². The number of amides is 3. The highest BCUT2D eigenvalue weighted by Gasteiger charge is 2.22. The number of hydrogen-bond donors (Lipinski definition) is 2. The first-order valence-corrected chi connectivity index (χ1v) is 8.74. The Morgan fingerprint density at radius 2 is 1.74 bits per heavy atom. The Hall–Kier alpha value is -3.53. The first-order chi connectivity index (χ1) is 13.1. The number of benzene rings is 2. The van der Waals surface area contributed by atoms with E-state index in [2.05, 4.69) is 21.6 Å². The molecule has 1 aliphatic rings. The normalized spacial score (nSPS) is 13.6. The first-order valence-electron chi connectivity index (χ1n) is 8.74. The third-order valence-corrected chi connectivity index (χ3v) is 4.39.